The Morgan fingerprint density at radius 3 is 2.48 bits per heavy atom. The molecule has 5 heteroatoms. The van der Waals surface area contributed by atoms with Crippen molar-refractivity contribution in [1.29, 1.82) is 0 Å². The van der Waals surface area contributed by atoms with Crippen LogP contribution in [-0.2, 0) is 9.59 Å². The molecule has 1 aliphatic heterocycles. The fourth-order valence-corrected chi connectivity index (χ4v) is 2.44. The lowest BCUT2D eigenvalue weighted by Gasteiger charge is -2.20. The highest BCUT2D eigenvalue weighted by molar-refractivity contribution is 6.01. The second kappa shape index (κ2) is 6.36. The average Bonchev–Trinajstić information content (AvgIpc) is 2.59. The van der Waals surface area contributed by atoms with E-state index in [1.54, 1.807) is 30.3 Å². The van der Waals surface area contributed by atoms with Gasteiger partial charge < -0.3 is 15.8 Å². The Hall–Kier alpha value is -3.08. The smallest absolute Gasteiger partial charge is 0.251 e. The zero-order valence-corrected chi connectivity index (χ0v) is 12.4. The van der Waals surface area contributed by atoms with Crippen molar-refractivity contribution < 1.29 is 14.3 Å². The number of carbonyl (C=O) groups excluding carboxylic acids is 2. The van der Waals surface area contributed by atoms with Crippen molar-refractivity contribution >= 4 is 17.9 Å². The van der Waals surface area contributed by atoms with Gasteiger partial charge in [-0.3, -0.25) is 9.59 Å². The Labute approximate surface area is 133 Å². The van der Waals surface area contributed by atoms with Gasteiger partial charge in [0, 0.05) is 5.56 Å². The van der Waals surface area contributed by atoms with Crippen LogP contribution in [0.2, 0.25) is 0 Å². The molecular formula is C18H16N2O3. The number of nitrogens with two attached hydrogens (primary N) is 1. The lowest BCUT2D eigenvalue weighted by Crippen LogP contribution is -2.39. The van der Waals surface area contributed by atoms with Crippen LogP contribution in [0, 0.1) is 0 Å². The van der Waals surface area contributed by atoms with E-state index in [4.69, 9.17) is 10.5 Å². The first-order chi connectivity index (χ1) is 11.1. The van der Waals surface area contributed by atoms with Gasteiger partial charge >= 0.3 is 0 Å². The van der Waals surface area contributed by atoms with Crippen molar-refractivity contribution in [1.82, 2.24) is 5.32 Å². The summed E-state index contributed by atoms with van der Waals surface area (Å²) in [5.41, 5.74) is 7.35. The van der Waals surface area contributed by atoms with E-state index >= 15 is 0 Å². The zero-order chi connectivity index (χ0) is 16.2. The first-order valence-electron chi connectivity index (χ1n) is 7.22. The Bertz CT molecular complexity index is 769. The number of benzene rings is 2. The van der Waals surface area contributed by atoms with Crippen LogP contribution < -0.4 is 15.8 Å². The lowest BCUT2D eigenvalue weighted by molar-refractivity contribution is -0.125. The number of ether oxygens (including phenoxy) is 1. The number of para-hydroxylation sites is 1. The third-order valence-electron chi connectivity index (χ3n) is 3.62. The van der Waals surface area contributed by atoms with Crippen LogP contribution in [0.1, 0.15) is 17.2 Å². The summed E-state index contributed by atoms with van der Waals surface area (Å²) in [4.78, 5) is 24.1. The molecule has 2 amide bonds. The van der Waals surface area contributed by atoms with Crippen LogP contribution in [0.25, 0.3) is 6.08 Å². The number of nitrogens with one attached hydrogen (secondary N) is 1. The highest BCUT2D eigenvalue weighted by Gasteiger charge is 2.23. The molecule has 5 nitrogen and oxygen atoms in total. The summed E-state index contributed by atoms with van der Waals surface area (Å²) in [6.45, 7) is 0.156. The monoisotopic (exact) mass is 308 g/mol. The molecule has 23 heavy (non-hydrogen) atoms. The average molecular weight is 308 g/mol. The molecule has 1 unspecified atom stereocenters. The minimum absolute atomic E-state index is 0.156. The van der Waals surface area contributed by atoms with E-state index in [0.717, 1.165) is 11.3 Å². The molecule has 0 saturated carbocycles. The van der Waals surface area contributed by atoms with Gasteiger partial charge in [0.15, 0.2) is 0 Å². The van der Waals surface area contributed by atoms with Gasteiger partial charge in [-0.2, -0.15) is 0 Å². The molecule has 1 heterocycles. The zero-order valence-electron chi connectivity index (χ0n) is 12.4. The molecule has 3 N–H and O–H groups in total. The quantitative estimate of drug-likeness (QED) is 0.903. The van der Waals surface area contributed by atoms with Crippen molar-refractivity contribution in [2.24, 2.45) is 5.73 Å². The van der Waals surface area contributed by atoms with Gasteiger partial charge in [0.1, 0.15) is 18.4 Å². The minimum Gasteiger partial charge on any atom is -0.488 e. The second-order valence-electron chi connectivity index (χ2n) is 5.22. The number of amides is 2. The van der Waals surface area contributed by atoms with Gasteiger partial charge in [0.2, 0.25) is 5.91 Å². The molecule has 2 aromatic carbocycles. The molecule has 0 fully saturated rings. The van der Waals surface area contributed by atoms with Crippen molar-refractivity contribution in [3.05, 3.63) is 71.3 Å². The predicted molar refractivity (Wildman–Crippen MR) is 86.4 cm³/mol. The van der Waals surface area contributed by atoms with Crippen LogP contribution >= 0.6 is 0 Å². The summed E-state index contributed by atoms with van der Waals surface area (Å²) in [6, 6.07) is 15.5. The first-order valence-corrected chi connectivity index (χ1v) is 7.22. The highest BCUT2D eigenvalue weighted by Crippen LogP contribution is 2.26. The number of hydrogen-bond acceptors (Lipinski definition) is 3. The van der Waals surface area contributed by atoms with E-state index in [1.165, 1.54) is 0 Å². The van der Waals surface area contributed by atoms with E-state index in [2.05, 4.69) is 5.32 Å². The summed E-state index contributed by atoms with van der Waals surface area (Å²) >= 11 is 0. The van der Waals surface area contributed by atoms with E-state index in [9.17, 15) is 9.59 Å². The predicted octanol–water partition coefficient (Wildman–Crippen LogP) is 1.81. The molecule has 116 valence electrons. The number of carbonyl (C=O) groups is 2. The molecule has 3 rings (SSSR count). The molecule has 0 radical (unpaired) electrons. The van der Waals surface area contributed by atoms with E-state index in [-0.39, 0.29) is 12.5 Å². The van der Waals surface area contributed by atoms with Gasteiger partial charge in [0.05, 0.1) is 5.57 Å². The van der Waals surface area contributed by atoms with E-state index in [1.807, 2.05) is 30.3 Å². The topological polar surface area (TPSA) is 81.4 Å². The number of primary amides is 1. The molecule has 2 aromatic rings. The Morgan fingerprint density at radius 1 is 1.04 bits per heavy atom. The molecular weight excluding hydrogens is 292 g/mol. The second-order valence-corrected chi connectivity index (χ2v) is 5.22. The third-order valence-corrected chi connectivity index (χ3v) is 3.62. The van der Waals surface area contributed by atoms with Crippen molar-refractivity contribution in [3.8, 4) is 5.75 Å². The Balaban J connectivity index is 1.81. The summed E-state index contributed by atoms with van der Waals surface area (Å²) in [5.74, 6) is -0.243. The maximum absolute atomic E-state index is 12.4. The lowest BCUT2D eigenvalue weighted by atomic mass is 10.0. The van der Waals surface area contributed by atoms with Crippen LogP contribution in [0.5, 0.6) is 5.75 Å². The summed E-state index contributed by atoms with van der Waals surface area (Å²) in [5, 5.41) is 2.67. The van der Waals surface area contributed by atoms with Crippen LogP contribution in [-0.4, -0.2) is 18.4 Å². The number of hydrogen-bond donors (Lipinski definition) is 2. The molecule has 0 spiro atoms. The first kappa shape index (κ1) is 14.8. The summed E-state index contributed by atoms with van der Waals surface area (Å²) < 4.78 is 5.56. The fourth-order valence-electron chi connectivity index (χ4n) is 2.44. The van der Waals surface area contributed by atoms with Crippen molar-refractivity contribution in [3.63, 3.8) is 0 Å². The Morgan fingerprint density at radius 2 is 1.74 bits per heavy atom. The summed E-state index contributed by atoms with van der Waals surface area (Å²) in [7, 11) is 0. The minimum atomic E-state index is -0.873. The highest BCUT2D eigenvalue weighted by atomic mass is 16.5. The van der Waals surface area contributed by atoms with Gasteiger partial charge in [-0.15, -0.1) is 0 Å². The molecule has 1 aliphatic rings. The maximum Gasteiger partial charge on any atom is 0.251 e. The van der Waals surface area contributed by atoms with Gasteiger partial charge in [-0.25, -0.2) is 0 Å². The number of rotatable bonds is 4. The van der Waals surface area contributed by atoms with Gasteiger partial charge in [-0.1, -0.05) is 48.5 Å². The van der Waals surface area contributed by atoms with Crippen LogP contribution in [0.4, 0.5) is 0 Å². The third kappa shape index (κ3) is 3.23. The largest absolute Gasteiger partial charge is 0.488 e. The SMILES string of the molecule is NC(=O)C(NC(=O)C1=Cc2ccccc2OC1)c1ccccc1. The van der Waals surface area contributed by atoms with Gasteiger partial charge in [-0.05, 0) is 17.7 Å². The van der Waals surface area contributed by atoms with E-state index < -0.39 is 11.9 Å². The standard InChI is InChI=1S/C18H16N2O3/c19-17(21)16(12-6-2-1-3-7-12)20-18(22)14-10-13-8-4-5-9-15(13)23-11-14/h1-10,16H,11H2,(H2,19,21)(H,20,22). The van der Waals surface area contributed by atoms with Crippen LogP contribution in [0.15, 0.2) is 60.2 Å². The summed E-state index contributed by atoms with van der Waals surface area (Å²) in [6.07, 6.45) is 1.76. The molecule has 0 aromatic heterocycles. The maximum atomic E-state index is 12.4. The Kier molecular flexibility index (Phi) is 4.10. The van der Waals surface area contributed by atoms with Crippen molar-refractivity contribution in [2.45, 2.75) is 6.04 Å². The fraction of sp³-hybridized carbons (Fsp3) is 0.111. The normalized spacial score (nSPS) is 14.0. The molecule has 0 bridgehead atoms. The number of fused-ring (bicyclic) bond motifs is 1. The van der Waals surface area contributed by atoms with E-state index in [0.29, 0.717) is 11.1 Å². The van der Waals surface area contributed by atoms with Gasteiger partial charge in [0.25, 0.3) is 5.91 Å². The van der Waals surface area contributed by atoms with Crippen LogP contribution in [0.3, 0.4) is 0 Å². The molecule has 1 atom stereocenters. The molecule has 0 saturated heterocycles. The van der Waals surface area contributed by atoms with Crippen molar-refractivity contribution in [2.75, 3.05) is 6.61 Å². The molecule has 0 aliphatic carbocycles.